The number of nitro benzene ring substituents is 1. The van der Waals surface area contributed by atoms with Gasteiger partial charge < -0.3 is 14.5 Å². The first-order valence-corrected chi connectivity index (χ1v) is 12.1. The average molecular weight is 454 g/mol. The number of anilines is 1. The lowest BCUT2D eigenvalue weighted by Crippen LogP contribution is -2.40. The number of piperidine rings is 1. The van der Waals surface area contributed by atoms with Crippen LogP contribution in [0, 0.1) is 16.0 Å². The summed E-state index contributed by atoms with van der Waals surface area (Å²) in [6.45, 7) is 2.96. The molecule has 0 aliphatic carbocycles. The van der Waals surface area contributed by atoms with E-state index in [4.69, 9.17) is 4.74 Å². The van der Waals surface area contributed by atoms with Gasteiger partial charge in [-0.3, -0.25) is 14.9 Å². The Labute approximate surface area is 181 Å². The maximum atomic E-state index is 12.4. The second-order valence-electron chi connectivity index (χ2n) is 8.29. The van der Waals surface area contributed by atoms with Gasteiger partial charge in [0.15, 0.2) is 16.4 Å². The van der Waals surface area contributed by atoms with Crippen LogP contribution in [0.25, 0.3) is 0 Å². The van der Waals surface area contributed by atoms with Crippen molar-refractivity contribution in [3.8, 4) is 0 Å². The lowest BCUT2D eigenvalue weighted by molar-refractivity contribution is -0.384. The van der Waals surface area contributed by atoms with Gasteiger partial charge in [0.2, 0.25) is 0 Å². The normalized spacial score (nSPS) is 22.7. The summed E-state index contributed by atoms with van der Waals surface area (Å²) in [5.41, 5.74) is 0.272. The molecule has 0 radical (unpaired) electrons. The molecular weight excluding hydrogens is 426 g/mol. The fourth-order valence-electron chi connectivity index (χ4n) is 4.07. The Morgan fingerprint density at radius 3 is 2.68 bits per heavy atom. The Balaban J connectivity index is 1.65. The number of sulfone groups is 1. The third kappa shape index (κ3) is 5.52. The van der Waals surface area contributed by atoms with Crippen LogP contribution in [-0.4, -0.2) is 74.4 Å². The van der Waals surface area contributed by atoms with E-state index in [2.05, 4.69) is 6.92 Å². The van der Waals surface area contributed by atoms with Gasteiger partial charge in [-0.25, -0.2) is 13.2 Å². The highest BCUT2D eigenvalue weighted by atomic mass is 32.2. The fraction of sp³-hybridized carbons (Fsp3) is 0.600. The van der Waals surface area contributed by atoms with Crippen LogP contribution >= 0.6 is 0 Å². The molecule has 10 nitrogen and oxygen atoms in total. The maximum Gasteiger partial charge on any atom is 0.338 e. The van der Waals surface area contributed by atoms with Crippen LogP contribution in [0.15, 0.2) is 18.2 Å². The molecule has 0 aromatic heterocycles. The highest BCUT2D eigenvalue weighted by Gasteiger charge is 2.33. The van der Waals surface area contributed by atoms with Crippen molar-refractivity contribution in [2.45, 2.75) is 32.2 Å². The smallest absolute Gasteiger partial charge is 0.338 e. The zero-order valence-corrected chi connectivity index (χ0v) is 18.5. The molecule has 3 rings (SSSR count). The third-order valence-electron chi connectivity index (χ3n) is 5.88. The molecule has 2 fully saturated rings. The van der Waals surface area contributed by atoms with Gasteiger partial charge in [0, 0.05) is 32.2 Å². The standard InChI is InChI=1S/C20H27N3O7S/c1-14-4-3-8-22(11-14)17-6-5-15(10-18(17)23(26)27)20(25)30-12-19(24)21(2)16-7-9-31(28,29)13-16/h5-6,10,14,16H,3-4,7-9,11-13H2,1-2H3/t14-,16+/m1/s1. The topological polar surface area (TPSA) is 127 Å². The molecule has 31 heavy (non-hydrogen) atoms. The monoisotopic (exact) mass is 453 g/mol. The summed E-state index contributed by atoms with van der Waals surface area (Å²) in [4.78, 5) is 39.0. The van der Waals surface area contributed by atoms with Crippen molar-refractivity contribution in [2.24, 2.45) is 5.92 Å². The zero-order chi connectivity index (χ0) is 22.8. The molecule has 1 amide bonds. The van der Waals surface area contributed by atoms with Gasteiger partial charge in [-0.1, -0.05) is 6.92 Å². The van der Waals surface area contributed by atoms with Crippen molar-refractivity contribution in [2.75, 3.05) is 43.1 Å². The van der Waals surface area contributed by atoms with Crippen LogP contribution in [-0.2, 0) is 19.4 Å². The minimum atomic E-state index is -3.15. The van der Waals surface area contributed by atoms with Crippen LogP contribution in [0.2, 0.25) is 0 Å². The Hall–Kier alpha value is -2.69. The van der Waals surface area contributed by atoms with Gasteiger partial charge in [-0.2, -0.15) is 0 Å². The van der Waals surface area contributed by atoms with Crippen molar-refractivity contribution in [3.63, 3.8) is 0 Å². The Morgan fingerprint density at radius 2 is 2.06 bits per heavy atom. The molecule has 2 saturated heterocycles. The molecule has 2 aliphatic rings. The number of carbonyl (C=O) groups is 2. The molecule has 1 aromatic carbocycles. The zero-order valence-electron chi connectivity index (χ0n) is 17.7. The molecule has 0 spiro atoms. The molecule has 2 heterocycles. The Morgan fingerprint density at radius 1 is 1.32 bits per heavy atom. The molecule has 0 bridgehead atoms. The molecule has 2 atom stereocenters. The van der Waals surface area contributed by atoms with E-state index in [-0.39, 0.29) is 22.8 Å². The number of esters is 1. The number of nitrogens with zero attached hydrogens (tertiary/aromatic N) is 3. The average Bonchev–Trinajstić information content (AvgIpc) is 3.10. The van der Waals surface area contributed by atoms with Crippen molar-refractivity contribution in [1.29, 1.82) is 0 Å². The van der Waals surface area contributed by atoms with Crippen LogP contribution in [0.4, 0.5) is 11.4 Å². The quantitative estimate of drug-likeness (QED) is 0.361. The first-order valence-electron chi connectivity index (χ1n) is 10.2. The SMILES string of the molecule is C[C@@H]1CCCN(c2ccc(C(=O)OCC(=O)N(C)[C@H]3CCS(=O)(=O)C3)cc2[N+](=O)[O-])C1. The summed E-state index contributed by atoms with van der Waals surface area (Å²) >= 11 is 0. The second-order valence-corrected chi connectivity index (χ2v) is 10.5. The van der Waals surface area contributed by atoms with Crippen LogP contribution in [0.5, 0.6) is 0 Å². The number of hydrogen-bond donors (Lipinski definition) is 0. The minimum Gasteiger partial charge on any atom is -0.452 e. The van der Waals surface area contributed by atoms with Crippen molar-refractivity contribution in [3.05, 3.63) is 33.9 Å². The second kappa shape index (κ2) is 9.21. The molecule has 11 heteroatoms. The van der Waals surface area contributed by atoms with Crippen molar-refractivity contribution < 1.29 is 27.7 Å². The highest BCUT2D eigenvalue weighted by Crippen LogP contribution is 2.32. The lowest BCUT2D eigenvalue weighted by Gasteiger charge is -2.32. The van der Waals surface area contributed by atoms with Gasteiger partial charge >= 0.3 is 5.97 Å². The van der Waals surface area contributed by atoms with Crippen LogP contribution < -0.4 is 4.90 Å². The van der Waals surface area contributed by atoms with E-state index < -0.39 is 39.3 Å². The number of amides is 1. The fourth-order valence-corrected chi connectivity index (χ4v) is 5.84. The molecule has 2 aliphatic heterocycles. The molecular formula is C20H27N3O7S. The van der Waals surface area contributed by atoms with E-state index in [1.165, 1.54) is 24.1 Å². The molecule has 0 saturated carbocycles. The van der Waals surface area contributed by atoms with Gasteiger partial charge in [0.25, 0.3) is 11.6 Å². The largest absolute Gasteiger partial charge is 0.452 e. The summed E-state index contributed by atoms with van der Waals surface area (Å²) in [6, 6.07) is 3.74. The van der Waals surface area contributed by atoms with Crippen LogP contribution in [0.1, 0.15) is 36.5 Å². The first kappa shape index (κ1) is 23.0. The molecule has 0 unspecified atom stereocenters. The first-order chi connectivity index (χ1) is 14.6. The number of carbonyl (C=O) groups excluding carboxylic acids is 2. The number of rotatable bonds is 6. The predicted octanol–water partition coefficient (Wildman–Crippen LogP) is 1.63. The van der Waals surface area contributed by atoms with E-state index in [0.29, 0.717) is 31.1 Å². The maximum absolute atomic E-state index is 12.4. The summed E-state index contributed by atoms with van der Waals surface area (Å²) < 4.78 is 28.2. The number of nitro groups is 1. The predicted molar refractivity (Wildman–Crippen MR) is 114 cm³/mol. The molecule has 1 aromatic rings. The van der Waals surface area contributed by atoms with Crippen molar-refractivity contribution >= 4 is 33.1 Å². The Bertz CT molecular complexity index is 979. The summed E-state index contributed by atoms with van der Waals surface area (Å²) in [5, 5.41) is 11.6. The van der Waals surface area contributed by atoms with Gasteiger partial charge in [-0.05, 0) is 37.3 Å². The number of ether oxygens (including phenoxy) is 1. The lowest BCUT2D eigenvalue weighted by atomic mass is 9.99. The highest BCUT2D eigenvalue weighted by molar-refractivity contribution is 7.91. The van der Waals surface area contributed by atoms with Gasteiger partial charge in [0.05, 0.1) is 22.0 Å². The van der Waals surface area contributed by atoms with E-state index in [1.807, 2.05) is 4.90 Å². The van der Waals surface area contributed by atoms with Crippen LogP contribution in [0.3, 0.4) is 0 Å². The minimum absolute atomic E-state index is 0.0144. The van der Waals surface area contributed by atoms with Crippen molar-refractivity contribution in [1.82, 2.24) is 4.90 Å². The third-order valence-corrected chi connectivity index (χ3v) is 7.63. The molecule has 170 valence electrons. The summed E-state index contributed by atoms with van der Waals surface area (Å²) in [7, 11) is -1.67. The van der Waals surface area contributed by atoms with E-state index >= 15 is 0 Å². The van der Waals surface area contributed by atoms with E-state index in [1.54, 1.807) is 6.07 Å². The molecule has 0 N–H and O–H groups in total. The number of likely N-dealkylation sites (N-methyl/N-ethyl adjacent to an activating group) is 1. The van der Waals surface area contributed by atoms with E-state index in [9.17, 15) is 28.1 Å². The number of benzene rings is 1. The van der Waals surface area contributed by atoms with Gasteiger partial charge in [0.1, 0.15) is 5.69 Å². The number of hydrogen-bond acceptors (Lipinski definition) is 8. The summed E-state index contributed by atoms with van der Waals surface area (Å²) in [6.07, 6.45) is 2.37. The van der Waals surface area contributed by atoms with E-state index in [0.717, 1.165) is 12.8 Å². The van der Waals surface area contributed by atoms with Gasteiger partial charge in [-0.15, -0.1) is 0 Å². The summed E-state index contributed by atoms with van der Waals surface area (Å²) in [5.74, 6) is -1.02. The Kier molecular flexibility index (Phi) is 6.83.